The van der Waals surface area contributed by atoms with E-state index in [9.17, 15) is 9.18 Å². The molecule has 0 aliphatic carbocycles. The minimum Gasteiger partial charge on any atom is -0.457 e. The zero-order valence-electron chi connectivity index (χ0n) is 19.8. The minimum absolute atomic E-state index is 0.0949. The molecule has 3 unspecified atom stereocenters. The Balaban J connectivity index is 1.25. The molecule has 3 atom stereocenters. The number of hydrogen-bond donors (Lipinski definition) is 3. The molecule has 0 bridgehead atoms. The van der Waals surface area contributed by atoms with Crippen molar-refractivity contribution in [3.05, 3.63) is 107 Å². The van der Waals surface area contributed by atoms with Crippen LogP contribution in [0.3, 0.4) is 0 Å². The maximum Gasteiger partial charge on any atom is 0.252 e. The highest BCUT2D eigenvalue weighted by Gasteiger charge is 2.40. The fraction of sp³-hybridized carbons (Fsp3) is 0.250. The van der Waals surface area contributed by atoms with Crippen LogP contribution < -0.4 is 20.8 Å². The number of benzene rings is 3. The molecule has 1 fully saturated rings. The van der Waals surface area contributed by atoms with Crippen molar-refractivity contribution >= 4 is 5.91 Å². The molecule has 0 radical (unpaired) electrons. The molecule has 0 aromatic heterocycles. The zero-order valence-corrected chi connectivity index (χ0v) is 19.8. The summed E-state index contributed by atoms with van der Waals surface area (Å²) >= 11 is 0. The Morgan fingerprint density at radius 1 is 1.00 bits per heavy atom. The van der Waals surface area contributed by atoms with Crippen molar-refractivity contribution < 1.29 is 13.9 Å². The first-order valence-corrected chi connectivity index (χ1v) is 11.9. The molecule has 180 valence electrons. The number of carbonyl (C=O) groups excluding carboxylic acids is 1. The molecule has 0 spiro atoms. The fourth-order valence-corrected chi connectivity index (χ4v) is 4.64. The van der Waals surface area contributed by atoms with Crippen LogP contribution in [0.2, 0.25) is 0 Å². The third kappa shape index (κ3) is 5.00. The summed E-state index contributed by atoms with van der Waals surface area (Å²) in [7, 11) is 0. The Morgan fingerprint density at radius 3 is 2.34 bits per heavy atom. The number of fused-ring (bicyclic) bond motifs is 1. The standard InChI is InChI=1S/C28H29FN4O2/c1-18-16-25(21-6-4-3-5-7-21)31-27-26(19(2)32-33(18)27)28(34)30-17-20-8-12-23(13-9-20)35-24-14-10-22(29)11-15-24/h3-15,18-19,25,31-32H,16-17H2,1-2H3,(H,30,34). The van der Waals surface area contributed by atoms with Crippen molar-refractivity contribution in [3.63, 3.8) is 0 Å². The van der Waals surface area contributed by atoms with Crippen LogP contribution >= 0.6 is 0 Å². The van der Waals surface area contributed by atoms with Crippen LogP contribution in [0.4, 0.5) is 4.39 Å². The van der Waals surface area contributed by atoms with E-state index in [-0.39, 0.29) is 29.8 Å². The van der Waals surface area contributed by atoms with Gasteiger partial charge >= 0.3 is 0 Å². The van der Waals surface area contributed by atoms with E-state index in [0.29, 0.717) is 23.6 Å². The van der Waals surface area contributed by atoms with E-state index >= 15 is 0 Å². The zero-order chi connectivity index (χ0) is 24.4. The van der Waals surface area contributed by atoms with Crippen LogP contribution in [0, 0.1) is 5.82 Å². The highest BCUT2D eigenvalue weighted by atomic mass is 19.1. The SMILES string of the molecule is CC1NN2C(=C1C(=O)NCc1ccc(Oc3ccc(F)cc3)cc1)NC(c1ccccc1)CC2C. The summed E-state index contributed by atoms with van der Waals surface area (Å²) in [5, 5.41) is 8.75. The van der Waals surface area contributed by atoms with Gasteiger partial charge in [0, 0.05) is 12.6 Å². The van der Waals surface area contributed by atoms with Gasteiger partial charge in [0.1, 0.15) is 23.1 Å². The van der Waals surface area contributed by atoms with Gasteiger partial charge in [-0.3, -0.25) is 9.80 Å². The summed E-state index contributed by atoms with van der Waals surface area (Å²) in [6.45, 7) is 4.58. The summed E-state index contributed by atoms with van der Waals surface area (Å²) in [5.41, 5.74) is 6.33. The quantitative estimate of drug-likeness (QED) is 0.482. The first kappa shape index (κ1) is 22.9. The van der Waals surface area contributed by atoms with Gasteiger partial charge in [0.05, 0.1) is 17.7 Å². The Morgan fingerprint density at radius 2 is 1.66 bits per heavy atom. The van der Waals surface area contributed by atoms with E-state index in [1.54, 1.807) is 12.1 Å². The van der Waals surface area contributed by atoms with Crippen LogP contribution in [-0.2, 0) is 11.3 Å². The summed E-state index contributed by atoms with van der Waals surface area (Å²) in [6.07, 6.45) is 0.939. The third-order valence-electron chi connectivity index (χ3n) is 6.46. The first-order chi connectivity index (χ1) is 17.0. The van der Waals surface area contributed by atoms with Crippen LogP contribution in [0.25, 0.3) is 0 Å². The minimum atomic E-state index is -0.303. The monoisotopic (exact) mass is 472 g/mol. The number of nitrogens with one attached hydrogen (secondary N) is 3. The highest BCUT2D eigenvalue weighted by molar-refractivity contribution is 5.95. The third-order valence-corrected chi connectivity index (χ3v) is 6.46. The fourth-order valence-electron chi connectivity index (χ4n) is 4.64. The molecular formula is C28H29FN4O2. The number of amides is 1. The van der Waals surface area contributed by atoms with Gasteiger partial charge in [0.25, 0.3) is 5.91 Å². The lowest BCUT2D eigenvalue weighted by molar-refractivity contribution is -0.117. The molecule has 3 aromatic carbocycles. The predicted molar refractivity (Wildman–Crippen MR) is 133 cm³/mol. The van der Waals surface area contributed by atoms with Gasteiger partial charge in [0.15, 0.2) is 0 Å². The van der Waals surface area contributed by atoms with Crippen molar-refractivity contribution in [1.29, 1.82) is 0 Å². The molecule has 2 aliphatic rings. The van der Waals surface area contributed by atoms with Gasteiger partial charge in [-0.15, -0.1) is 0 Å². The van der Waals surface area contributed by atoms with Gasteiger partial charge in [-0.1, -0.05) is 42.5 Å². The van der Waals surface area contributed by atoms with Crippen LogP contribution in [-0.4, -0.2) is 23.0 Å². The second-order valence-electron chi connectivity index (χ2n) is 9.06. The van der Waals surface area contributed by atoms with E-state index < -0.39 is 0 Å². The molecule has 35 heavy (non-hydrogen) atoms. The average Bonchev–Trinajstić information content (AvgIpc) is 3.22. The predicted octanol–water partition coefficient (Wildman–Crippen LogP) is 4.78. The number of nitrogens with zero attached hydrogens (tertiary/aromatic N) is 1. The second kappa shape index (κ2) is 9.80. The number of ether oxygens (including phenoxy) is 1. The van der Waals surface area contributed by atoms with Crippen molar-refractivity contribution in [2.45, 2.75) is 44.9 Å². The smallest absolute Gasteiger partial charge is 0.252 e. The number of carbonyl (C=O) groups is 1. The number of hydrazine groups is 1. The summed E-state index contributed by atoms with van der Waals surface area (Å²) in [5.74, 6) is 1.67. The summed E-state index contributed by atoms with van der Waals surface area (Å²) < 4.78 is 18.8. The molecule has 7 heteroatoms. The van der Waals surface area contributed by atoms with E-state index in [1.807, 2.05) is 49.4 Å². The van der Waals surface area contributed by atoms with E-state index in [4.69, 9.17) is 4.74 Å². The lowest BCUT2D eigenvalue weighted by Gasteiger charge is -2.39. The first-order valence-electron chi connectivity index (χ1n) is 11.9. The van der Waals surface area contributed by atoms with Crippen molar-refractivity contribution in [2.75, 3.05) is 0 Å². The Hall–Kier alpha value is -3.84. The van der Waals surface area contributed by atoms with E-state index in [0.717, 1.165) is 17.8 Å². The number of halogens is 1. The number of rotatable bonds is 6. The maximum atomic E-state index is 13.2. The van der Waals surface area contributed by atoms with Gasteiger partial charge < -0.3 is 15.4 Å². The van der Waals surface area contributed by atoms with Gasteiger partial charge in [-0.2, -0.15) is 0 Å². The Kier molecular flexibility index (Phi) is 6.42. The van der Waals surface area contributed by atoms with Gasteiger partial charge in [0.2, 0.25) is 0 Å². The van der Waals surface area contributed by atoms with Gasteiger partial charge in [-0.05, 0) is 67.8 Å². The van der Waals surface area contributed by atoms with Crippen molar-refractivity contribution in [2.24, 2.45) is 0 Å². The van der Waals surface area contributed by atoms with Crippen molar-refractivity contribution in [3.8, 4) is 11.5 Å². The molecule has 2 heterocycles. The number of hydrogen-bond acceptors (Lipinski definition) is 5. The summed E-state index contributed by atoms with van der Waals surface area (Å²) in [4.78, 5) is 13.2. The lowest BCUT2D eigenvalue weighted by atomic mass is 9.97. The van der Waals surface area contributed by atoms with Crippen LogP contribution in [0.5, 0.6) is 11.5 Å². The Bertz CT molecular complexity index is 1210. The average molecular weight is 473 g/mol. The van der Waals surface area contributed by atoms with E-state index in [2.05, 4.69) is 40.1 Å². The van der Waals surface area contributed by atoms with Gasteiger partial charge in [-0.25, -0.2) is 9.82 Å². The molecule has 0 saturated carbocycles. The summed E-state index contributed by atoms with van der Waals surface area (Å²) in [6, 6.07) is 24.0. The maximum absolute atomic E-state index is 13.2. The molecule has 2 aliphatic heterocycles. The molecule has 3 N–H and O–H groups in total. The topological polar surface area (TPSA) is 65.6 Å². The molecule has 1 saturated heterocycles. The Labute approximate surface area is 204 Å². The normalized spacial score (nSPS) is 21.3. The van der Waals surface area contributed by atoms with Crippen LogP contribution in [0.15, 0.2) is 90.3 Å². The van der Waals surface area contributed by atoms with E-state index in [1.165, 1.54) is 17.7 Å². The molecule has 1 amide bonds. The largest absolute Gasteiger partial charge is 0.457 e. The molecular weight excluding hydrogens is 443 g/mol. The molecule has 3 aromatic rings. The lowest BCUT2D eigenvalue weighted by Crippen LogP contribution is -2.50. The molecule has 6 nitrogen and oxygen atoms in total. The molecule has 5 rings (SSSR count). The second-order valence-corrected chi connectivity index (χ2v) is 9.06. The highest BCUT2D eigenvalue weighted by Crippen LogP contribution is 2.33. The van der Waals surface area contributed by atoms with Crippen molar-refractivity contribution in [1.82, 2.24) is 21.1 Å². The van der Waals surface area contributed by atoms with Crippen LogP contribution in [0.1, 0.15) is 37.4 Å².